The number of nitrogens with zero attached hydrogens (tertiary/aromatic N) is 1. The second-order valence-corrected chi connectivity index (χ2v) is 20.5. The summed E-state index contributed by atoms with van der Waals surface area (Å²) >= 11 is 0. The Morgan fingerprint density at radius 2 is 0.700 bits per heavy atom. The third-order valence-electron chi connectivity index (χ3n) is 15.8. The molecule has 2 nitrogen and oxygen atoms in total. The molecule has 0 radical (unpaired) electrons. The fourth-order valence-electron chi connectivity index (χ4n) is 12.0. The highest BCUT2D eigenvalue weighted by molar-refractivity contribution is 6.06. The van der Waals surface area contributed by atoms with Gasteiger partial charge in [0.1, 0.15) is 11.2 Å². The fraction of sp³-hybridized carbons (Fsp3) is 0.0882. The first kappa shape index (κ1) is 40.6. The topological polar surface area (TPSA) is 16.4 Å². The summed E-state index contributed by atoms with van der Waals surface area (Å²) < 4.78 is 6.25. The van der Waals surface area contributed by atoms with E-state index in [4.69, 9.17) is 4.42 Å². The van der Waals surface area contributed by atoms with E-state index in [0.717, 1.165) is 50.1 Å². The first-order valence-electron chi connectivity index (χ1n) is 24.5. The molecule has 0 N–H and O–H groups in total. The molecular weight excluding hydrogens is 847 g/mol. The number of hydrogen-bond acceptors (Lipinski definition) is 2. The van der Waals surface area contributed by atoms with Gasteiger partial charge >= 0.3 is 0 Å². The van der Waals surface area contributed by atoms with Crippen molar-refractivity contribution < 1.29 is 4.42 Å². The van der Waals surface area contributed by atoms with Crippen LogP contribution in [0.25, 0.3) is 99.1 Å². The lowest BCUT2D eigenvalue weighted by Gasteiger charge is -2.30. The molecule has 14 rings (SSSR count). The van der Waals surface area contributed by atoms with Crippen LogP contribution < -0.4 is 4.90 Å². The molecule has 2 heteroatoms. The van der Waals surface area contributed by atoms with Crippen LogP contribution in [0.1, 0.15) is 49.9 Å². The SMILES string of the molecule is CC1(C)c2cc(-c3ccc4ccccc4c3)ccc2-c2ccc(N(c3cccc(-c4ccc5oc6ccccc6c5c4)c3)c3ccc4c(c3)C(C)(C)c3cc(-c5ccc6ccccc6c5)ccc3-4)cc21. The van der Waals surface area contributed by atoms with Crippen LogP contribution >= 0.6 is 0 Å². The zero-order chi connectivity index (χ0) is 46.9. The summed E-state index contributed by atoms with van der Waals surface area (Å²) in [6, 6.07) is 83.4. The van der Waals surface area contributed by atoms with E-state index in [1.165, 1.54) is 88.3 Å². The molecule has 0 saturated carbocycles. The highest BCUT2D eigenvalue weighted by atomic mass is 16.3. The van der Waals surface area contributed by atoms with Crippen molar-refractivity contribution in [3.8, 4) is 55.6 Å². The number of para-hydroxylation sites is 1. The van der Waals surface area contributed by atoms with E-state index in [0.29, 0.717) is 0 Å². The lowest BCUT2D eigenvalue weighted by molar-refractivity contribution is 0.660. The van der Waals surface area contributed by atoms with Crippen molar-refractivity contribution >= 4 is 60.5 Å². The Balaban J connectivity index is 0.891. The monoisotopic (exact) mass is 895 g/mol. The van der Waals surface area contributed by atoms with Gasteiger partial charge in [-0.05, 0) is 178 Å². The quantitative estimate of drug-likeness (QED) is 0.165. The highest BCUT2D eigenvalue weighted by Crippen LogP contribution is 2.54. The Kier molecular flexibility index (Phi) is 8.71. The van der Waals surface area contributed by atoms with E-state index in [1.807, 2.05) is 12.1 Å². The Labute approximate surface area is 408 Å². The molecule has 2 aliphatic carbocycles. The number of fused-ring (bicyclic) bond motifs is 11. The molecule has 332 valence electrons. The van der Waals surface area contributed by atoms with E-state index in [2.05, 4.69) is 245 Å². The third kappa shape index (κ3) is 6.19. The van der Waals surface area contributed by atoms with Crippen LogP contribution in [0.3, 0.4) is 0 Å². The van der Waals surface area contributed by atoms with E-state index < -0.39 is 0 Å². The average molecular weight is 896 g/mol. The molecule has 0 saturated heterocycles. The molecule has 0 bridgehead atoms. The zero-order valence-electron chi connectivity index (χ0n) is 39.7. The maximum absolute atomic E-state index is 6.25. The first-order valence-corrected chi connectivity index (χ1v) is 24.5. The van der Waals surface area contributed by atoms with Crippen LogP contribution in [0.5, 0.6) is 0 Å². The Bertz CT molecular complexity index is 3950. The van der Waals surface area contributed by atoms with Crippen LogP contribution in [-0.4, -0.2) is 0 Å². The fourth-order valence-corrected chi connectivity index (χ4v) is 12.0. The molecule has 12 aromatic rings. The minimum Gasteiger partial charge on any atom is -0.456 e. The second-order valence-electron chi connectivity index (χ2n) is 20.5. The van der Waals surface area contributed by atoms with Crippen LogP contribution in [0.2, 0.25) is 0 Å². The second kappa shape index (κ2) is 15.0. The van der Waals surface area contributed by atoms with Crippen molar-refractivity contribution in [2.45, 2.75) is 38.5 Å². The van der Waals surface area contributed by atoms with Crippen LogP contribution in [0.4, 0.5) is 17.1 Å². The molecular formula is C68H49NO. The van der Waals surface area contributed by atoms with Gasteiger partial charge in [0.2, 0.25) is 0 Å². The first-order chi connectivity index (χ1) is 34.2. The highest BCUT2D eigenvalue weighted by Gasteiger charge is 2.38. The number of furan rings is 1. The molecule has 0 aliphatic heterocycles. The van der Waals surface area contributed by atoms with Crippen molar-refractivity contribution in [1.29, 1.82) is 0 Å². The molecule has 0 spiro atoms. The van der Waals surface area contributed by atoms with Crippen molar-refractivity contribution in [1.82, 2.24) is 0 Å². The van der Waals surface area contributed by atoms with Crippen LogP contribution in [0, 0.1) is 0 Å². The maximum atomic E-state index is 6.25. The molecule has 2 aliphatic rings. The third-order valence-corrected chi connectivity index (χ3v) is 15.8. The van der Waals surface area contributed by atoms with Gasteiger partial charge in [0, 0.05) is 38.7 Å². The van der Waals surface area contributed by atoms with Gasteiger partial charge in [-0.2, -0.15) is 0 Å². The largest absolute Gasteiger partial charge is 0.456 e. The lowest BCUT2D eigenvalue weighted by atomic mass is 9.81. The van der Waals surface area contributed by atoms with Gasteiger partial charge in [-0.25, -0.2) is 0 Å². The minimum absolute atomic E-state index is 0.228. The Morgan fingerprint density at radius 3 is 1.29 bits per heavy atom. The van der Waals surface area contributed by atoms with Gasteiger partial charge in [0.15, 0.2) is 0 Å². The van der Waals surface area contributed by atoms with Crippen molar-refractivity contribution in [3.63, 3.8) is 0 Å². The molecule has 0 unspecified atom stereocenters. The predicted molar refractivity (Wildman–Crippen MR) is 295 cm³/mol. The standard InChI is InChI=1S/C68H49NO/c1-67(2)61-38-50(47-22-20-42-12-5-7-14-44(42)34-47)24-29-55(61)57-31-27-53(40-63(57)67)69(52-17-11-16-46(36-52)49-26-33-66-60(37-49)59-18-9-10-19-65(59)70-66)54-28-32-58-56-30-25-51(39-62(56)68(3,4)64(58)41-54)48-23-21-43-13-6-8-15-45(43)35-48/h5-41H,1-4H3. The number of anilines is 3. The summed E-state index contributed by atoms with van der Waals surface area (Å²) in [5.74, 6) is 0. The summed E-state index contributed by atoms with van der Waals surface area (Å²) in [4.78, 5) is 2.48. The Morgan fingerprint density at radius 1 is 0.286 bits per heavy atom. The van der Waals surface area contributed by atoms with Gasteiger partial charge in [-0.15, -0.1) is 0 Å². The van der Waals surface area contributed by atoms with Crippen LogP contribution in [0.15, 0.2) is 229 Å². The summed E-state index contributed by atoms with van der Waals surface area (Å²) in [6.07, 6.45) is 0. The summed E-state index contributed by atoms with van der Waals surface area (Å²) in [5, 5.41) is 7.31. The van der Waals surface area contributed by atoms with Crippen molar-refractivity contribution in [3.05, 3.63) is 247 Å². The number of hydrogen-bond donors (Lipinski definition) is 0. The van der Waals surface area contributed by atoms with Crippen LogP contribution in [-0.2, 0) is 10.8 Å². The molecule has 1 aromatic heterocycles. The lowest BCUT2D eigenvalue weighted by Crippen LogP contribution is -2.18. The van der Waals surface area contributed by atoms with E-state index in [1.54, 1.807) is 0 Å². The molecule has 1 heterocycles. The molecule has 0 atom stereocenters. The number of benzene rings is 11. The van der Waals surface area contributed by atoms with Gasteiger partial charge in [-0.1, -0.05) is 173 Å². The molecule has 11 aromatic carbocycles. The van der Waals surface area contributed by atoms with E-state index in [9.17, 15) is 0 Å². The summed E-state index contributed by atoms with van der Waals surface area (Å²) in [6.45, 7) is 9.59. The average Bonchev–Trinajstić information content (AvgIpc) is 3.97. The van der Waals surface area contributed by atoms with Gasteiger partial charge < -0.3 is 9.32 Å². The van der Waals surface area contributed by atoms with E-state index >= 15 is 0 Å². The smallest absolute Gasteiger partial charge is 0.135 e. The maximum Gasteiger partial charge on any atom is 0.135 e. The predicted octanol–water partition coefficient (Wildman–Crippen LogP) is 19.0. The normalized spacial score (nSPS) is 13.9. The van der Waals surface area contributed by atoms with Gasteiger partial charge in [-0.3, -0.25) is 0 Å². The van der Waals surface area contributed by atoms with Crippen molar-refractivity contribution in [2.24, 2.45) is 0 Å². The zero-order valence-corrected chi connectivity index (χ0v) is 39.7. The van der Waals surface area contributed by atoms with Gasteiger partial charge in [0.25, 0.3) is 0 Å². The number of rotatable bonds is 6. The molecule has 0 amide bonds. The Hall–Kier alpha value is -8.46. The van der Waals surface area contributed by atoms with E-state index in [-0.39, 0.29) is 10.8 Å². The summed E-state index contributed by atoms with van der Waals surface area (Å²) in [7, 11) is 0. The minimum atomic E-state index is -0.228. The summed E-state index contributed by atoms with van der Waals surface area (Å²) in [5.41, 5.74) is 22.6. The van der Waals surface area contributed by atoms with Crippen molar-refractivity contribution in [2.75, 3.05) is 4.90 Å². The molecule has 0 fully saturated rings. The van der Waals surface area contributed by atoms with Gasteiger partial charge in [0.05, 0.1) is 0 Å². The molecule has 70 heavy (non-hydrogen) atoms.